The van der Waals surface area contributed by atoms with Gasteiger partial charge in [0.05, 0.1) is 18.8 Å². The van der Waals surface area contributed by atoms with Gasteiger partial charge in [0.25, 0.3) is 0 Å². The van der Waals surface area contributed by atoms with E-state index < -0.39 is 0 Å². The molecule has 2 heterocycles. The van der Waals surface area contributed by atoms with E-state index in [4.69, 9.17) is 0 Å². The minimum atomic E-state index is 0.117. The van der Waals surface area contributed by atoms with Crippen molar-refractivity contribution in [3.8, 4) is 0 Å². The SMILES string of the molecule is CC(c1ccc(Br)cc1)n1cc(CN2CCCCC2=O)nn1. The number of nitrogens with zero attached hydrogens (tertiary/aromatic N) is 4. The van der Waals surface area contributed by atoms with Crippen molar-refractivity contribution in [3.63, 3.8) is 0 Å². The second-order valence-corrected chi connectivity index (χ2v) is 6.61. The lowest BCUT2D eigenvalue weighted by atomic mass is 10.1. The number of piperidine rings is 1. The number of amides is 1. The molecule has 1 amide bonds. The van der Waals surface area contributed by atoms with E-state index in [1.165, 1.54) is 5.56 Å². The zero-order valence-electron chi connectivity index (χ0n) is 12.6. The van der Waals surface area contributed by atoms with Crippen LogP contribution in [0.15, 0.2) is 34.9 Å². The number of likely N-dealkylation sites (tertiary alicyclic amines) is 1. The average Bonchev–Trinajstić information content (AvgIpc) is 2.98. The lowest BCUT2D eigenvalue weighted by molar-refractivity contribution is -0.133. The summed E-state index contributed by atoms with van der Waals surface area (Å²) in [5.74, 6) is 0.224. The molecule has 116 valence electrons. The number of rotatable bonds is 4. The van der Waals surface area contributed by atoms with Gasteiger partial charge in [0.15, 0.2) is 0 Å². The largest absolute Gasteiger partial charge is 0.337 e. The van der Waals surface area contributed by atoms with Crippen LogP contribution < -0.4 is 0 Å². The van der Waals surface area contributed by atoms with E-state index in [2.05, 4.69) is 45.3 Å². The molecule has 2 aromatic rings. The van der Waals surface area contributed by atoms with Gasteiger partial charge in [0, 0.05) is 17.4 Å². The van der Waals surface area contributed by atoms with E-state index in [1.807, 2.05) is 27.9 Å². The molecule has 0 radical (unpaired) electrons. The molecule has 1 unspecified atom stereocenters. The lowest BCUT2D eigenvalue weighted by Gasteiger charge is -2.25. The number of halogens is 1. The fraction of sp³-hybridized carbons (Fsp3) is 0.438. The molecule has 5 nitrogen and oxygen atoms in total. The third-order valence-corrected chi connectivity index (χ3v) is 4.61. The molecule has 0 saturated carbocycles. The van der Waals surface area contributed by atoms with Crippen molar-refractivity contribution in [1.82, 2.24) is 19.9 Å². The Balaban J connectivity index is 1.70. The Morgan fingerprint density at radius 1 is 1.27 bits per heavy atom. The van der Waals surface area contributed by atoms with Crippen LogP contribution in [0, 0.1) is 0 Å². The van der Waals surface area contributed by atoms with Gasteiger partial charge in [-0.3, -0.25) is 4.79 Å². The normalized spacial score (nSPS) is 16.8. The Morgan fingerprint density at radius 2 is 2.05 bits per heavy atom. The first-order chi connectivity index (χ1) is 10.6. The minimum absolute atomic E-state index is 0.117. The average molecular weight is 363 g/mol. The fourth-order valence-electron chi connectivity index (χ4n) is 2.69. The molecule has 0 bridgehead atoms. The van der Waals surface area contributed by atoms with Gasteiger partial charge in [-0.05, 0) is 37.5 Å². The number of hydrogen-bond acceptors (Lipinski definition) is 3. The number of aromatic nitrogens is 3. The molecule has 0 spiro atoms. The van der Waals surface area contributed by atoms with Gasteiger partial charge in [-0.1, -0.05) is 33.3 Å². The summed E-state index contributed by atoms with van der Waals surface area (Å²) in [5, 5.41) is 8.44. The fourth-order valence-corrected chi connectivity index (χ4v) is 2.96. The van der Waals surface area contributed by atoms with Gasteiger partial charge in [0.2, 0.25) is 5.91 Å². The molecule has 3 rings (SSSR count). The summed E-state index contributed by atoms with van der Waals surface area (Å²) < 4.78 is 2.92. The van der Waals surface area contributed by atoms with Crippen molar-refractivity contribution in [3.05, 3.63) is 46.2 Å². The molecule has 0 N–H and O–H groups in total. The maximum Gasteiger partial charge on any atom is 0.222 e. The first-order valence-corrected chi connectivity index (χ1v) is 8.37. The van der Waals surface area contributed by atoms with Crippen LogP contribution in [0.4, 0.5) is 0 Å². The topological polar surface area (TPSA) is 51.0 Å². The smallest absolute Gasteiger partial charge is 0.222 e. The zero-order chi connectivity index (χ0) is 15.5. The van der Waals surface area contributed by atoms with Crippen molar-refractivity contribution in [2.45, 2.75) is 38.8 Å². The summed E-state index contributed by atoms with van der Waals surface area (Å²) in [6, 6.07) is 8.31. The Morgan fingerprint density at radius 3 is 2.77 bits per heavy atom. The van der Waals surface area contributed by atoms with Crippen LogP contribution in [0.2, 0.25) is 0 Å². The van der Waals surface area contributed by atoms with Gasteiger partial charge >= 0.3 is 0 Å². The van der Waals surface area contributed by atoms with E-state index >= 15 is 0 Å². The molecule has 1 fully saturated rings. The molecule has 1 atom stereocenters. The molecule has 6 heteroatoms. The van der Waals surface area contributed by atoms with Crippen molar-refractivity contribution < 1.29 is 4.79 Å². The Hall–Kier alpha value is -1.69. The van der Waals surface area contributed by atoms with Crippen molar-refractivity contribution >= 4 is 21.8 Å². The van der Waals surface area contributed by atoms with E-state index in [0.717, 1.165) is 29.6 Å². The van der Waals surface area contributed by atoms with E-state index in [0.29, 0.717) is 13.0 Å². The Kier molecular flexibility index (Phi) is 4.57. The second-order valence-electron chi connectivity index (χ2n) is 5.69. The highest BCUT2D eigenvalue weighted by Crippen LogP contribution is 2.20. The highest BCUT2D eigenvalue weighted by atomic mass is 79.9. The van der Waals surface area contributed by atoms with Crippen LogP contribution >= 0.6 is 15.9 Å². The van der Waals surface area contributed by atoms with Crippen LogP contribution in [-0.4, -0.2) is 32.3 Å². The molecule has 0 aliphatic carbocycles. The zero-order valence-corrected chi connectivity index (χ0v) is 14.2. The van der Waals surface area contributed by atoms with Crippen molar-refractivity contribution in [2.75, 3.05) is 6.54 Å². The number of carbonyl (C=O) groups excluding carboxylic acids is 1. The molecule has 1 aliphatic heterocycles. The van der Waals surface area contributed by atoms with Crippen LogP contribution in [0.5, 0.6) is 0 Å². The van der Waals surface area contributed by atoms with Crippen molar-refractivity contribution in [2.24, 2.45) is 0 Å². The second kappa shape index (κ2) is 6.60. The predicted octanol–water partition coefficient (Wildman–Crippen LogP) is 3.16. The highest BCUT2D eigenvalue weighted by Gasteiger charge is 2.19. The summed E-state index contributed by atoms with van der Waals surface area (Å²) >= 11 is 3.44. The Labute approximate surface area is 138 Å². The van der Waals surface area contributed by atoms with E-state index in [9.17, 15) is 4.79 Å². The van der Waals surface area contributed by atoms with Gasteiger partial charge < -0.3 is 4.90 Å². The van der Waals surface area contributed by atoms with Gasteiger partial charge in [-0.25, -0.2) is 4.68 Å². The van der Waals surface area contributed by atoms with Crippen LogP contribution in [0.1, 0.15) is 43.5 Å². The summed E-state index contributed by atoms with van der Waals surface area (Å²) in [6.07, 6.45) is 4.68. The van der Waals surface area contributed by atoms with Crippen LogP contribution in [0.25, 0.3) is 0 Å². The molecule has 1 aromatic carbocycles. The predicted molar refractivity (Wildman–Crippen MR) is 87.2 cm³/mol. The summed E-state index contributed by atoms with van der Waals surface area (Å²) in [7, 11) is 0. The number of carbonyl (C=O) groups is 1. The Bertz CT molecular complexity index is 652. The molecule has 22 heavy (non-hydrogen) atoms. The van der Waals surface area contributed by atoms with Gasteiger partial charge in [-0.15, -0.1) is 5.10 Å². The maximum atomic E-state index is 11.9. The first-order valence-electron chi connectivity index (χ1n) is 7.57. The van der Waals surface area contributed by atoms with Gasteiger partial charge in [-0.2, -0.15) is 0 Å². The maximum absolute atomic E-state index is 11.9. The van der Waals surface area contributed by atoms with E-state index in [1.54, 1.807) is 0 Å². The first kappa shape index (κ1) is 15.2. The molecule has 1 aromatic heterocycles. The van der Waals surface area contributed by atoms with E-state index in [-0.39, 0.29) is 11.9 Å². The van der Waals surface area contributed by atoms with Crippen LogP contribution in [-0.2, 0) is 11.3 Å². The summed E-state index contributed by atoms with van der Waals surface area (Å²) in [5.41, 5.74) is 2.02. The monoisotopic (exact) mass is 362 g/mol. The molecule has 1 saturated heterocycles. The third kappa shape index (κ3) is 3.38. The summed E-state index contributed by atoms with van der Waals surface area (Å²) in [4.78, 5) is 13.7. The molecular formula is C16H19BrN4O. The minimum Gasteiger partial charge on any atom is -0.337 e. The third-order valence-electron chi connectivity index (χ3n) is 4.08. The number of benzene rings is 1. The highest BCUT2D eigenvalue weighted by molar-refractivity contribution is 9.10. The lowest BCUT2D eigenvalue weighted by Crippen LogP contribution is -2.34. The van der Waals surface area contributed by atoms with Gasteiger partial charge in [0.1, 0.15) is 5.69 Å². The molecule has 1 aliphatic rings. The van der Waals surface area contributed by atoms with Crippen molar-refractivity contribution in [1.29, 1.82) is 0 Å². The standard InChI is InChI=1S/C16H19BrN4O/c1-12(13-5-7-14(17)8-6-13)21-11-15(18-19-21)10-20-9-3-2-4-16(20)22/h5-8,11-12H,2-4,9-10H2,1H3. The molecular weight excluding hydrogens is 344 g/mol. The summed E-state index contributed by atoms with van der Waals surface area (Å²) in [6.45, 7) is 3.48. The van der Waals surface area contributed by atoms with Crippen LogP contribution in [0.3, 0.4) is 0 Å². The quantitative estimate of drug-likeness (QED) is 0.839. The number of hydrogen-bond donors (Lipinski definition) is 0.